The number of hydrogen-bond acceptors (Lipinski definition) is 3. The third-order valence-electron chi connectivity index (χ3n) is 2.88. The van der Waals surface area contributed by atoms with E-state index in [2.05, 4.69) is 10.6 Å². The van der Waals surface area contributed by atoms with E-state index in [-0.39, 0.29) is 12.6 Å². The van der Waals surface area contributed by atoms with Gasteiger partial charge >= 0.3 is 6.03 Å². The van der Waals surface area contributed by atoms with Gasteiger partial charge in [-0.3, -0.25) is 0 Å². The lowest BCUT2D eigenvalue weighted by molar-refractivity contribution is 0.262. The van der Waals surface area contributed by atoms with Gasteiger partial charge in [-0.05, 0) is 48.4 Å². The van der Waals surface area contributed by atoms with Crippen molar-refractivity contribution in [1.82, 2.24) is 0 Å². The predicted octanol–water partition coefficient (Wildman–Crippen LogP) is 2.74. The van der Waals surface area contributed by atoms with Crippen LogP contribution in [-0.2, 0) is 6.42 Å². The number of aliphatic hydroxyl groups excluding tert-OH is 1. The quantitative estimate of drug-likeness (QED) is 0.805. The van der Waals surface area contributed by atoms with E-state index in [0.717, 1.165) is 5.56 Å². The summed E-state index contributed by atoms with van der Waals surface area (Å²) in [4.78, 5) is 11.8. The number of urea groups is 1. The van der Waals surface area contributed by atoms with E-state index in [1.54, 1.807) is 36.4 Å². The second-order valence-corrected chi connectivity index (χ2v) is 4.44. The number of rotatable bonds is 4. The maximum Gasteiger partial charge on any atom is 0.323 e. The minimum Gasteiger partial charge on any atom is -0.396 e. The van der Waals surface area contributed by atoms with Gasteiger partial charge in [0, 0.05) is 18.0 Å². The molecule has 0 radical (unpaired) electrons. The molecule has 0 heterocycles. The summed E-state index contributed by atoms with van der Waals surface area (Å²) in [6.45, 7) is 0.103. The third kappa shape index (κ3) is 4.34. The average Bonchev–Trinajstić information content (AvgIpc) is 2.50. The average molecular weight is 281 g/mol. The lowest BCUT2D eigenvalue weighted by atomic mass is 10.1. The van der Waals surface area contributed by atoms with Crippen molar-refractivity contribution in [1.29, 1.82) is 5.26 Å². The summed E-state index contributed by atoms with van der Waals surface area (Å²) in [5.74, 6) is 0. The van der Waals surface area contributed by atoms with Gasteiger partial charge in [0.05, 0.1) is 11.6 Å². The first-order valence-electron chi connectivity index (χ1n) is 6.49. The van der Waals surface area contributed by atoms with Gasteiger partial charge in [0.1, 0.15) is 0 Å². The summed E-state index contributed by atoms with van der Waals surface area (Å²) in [5.41, 5.74) is 2.84. The van der Waals surface area contributed by atoms with Gasteiger partial charge in [-0.15, -0.1) is 0 Å². The number of amides is 2. The van der Waals surface area contributed by atoms with Crippen molar-refractivity contribution in [3.05, 3.63) is 59.7 Å². The summed E-state index contributed by atoms with van der Waals surface area (Å²) in [6.07, 6.45) is 0.595. The number of hydrogen-bond donors (Lipinski definition) is 3. The first-order chi connectivity index (χ1) is 10.2. The highest BCUT2D eigenvalue weighted by Gasteiger charge is 2.03. The number of nitriles is 1. The fourth-order valence-electron chi connectivity index (χ4n) is 1.81. The summed E-state index contributed by atoms with van der Waals surface area (Å²) < 4.78 is 0. The molecule has 5 heteroatoms. The van der Waals surface area contributed by atoms with E-state index in [1.807, 2.05) is 18.2 Å². The molecule has 0 fully saturated rings. The van der Waals surface area contributed by atoms with Crippen LogP contribution in [0.4, 0.5) is 16.2 Å². The topological polar surface area (TPSA) is 85.2 Å². The number of aliphatic hydroxyl groups is 1. The molecule has 0 bridgehead atoms. The molecule has 106 valence electrons. The second kappa shape index (κ2) is 7.08. The number of benzene rings is 2. The Kier molecular flexibility index (Phi) is 4.91. The molecule has 3 N–H and O–H groups in total. The molecule has 0 aliphatic rings. The van der Waals surface area contributed by atoms with Crippen molar-refractivity contribution in [2.45, 2.75) is 6.42 Å². The van der Waals surface area contributed by atoms with E-state index in [4.69, 9.17) is 10.4 Å². The third-order valence-corrected chi connectivity index (χ3v) is 2.88. The van der Waals surface area contributed by atoms with E-state index >= 15 is 0 Å². The van der Waals surface area contributed by atoms with E-state index < -0.39 is 0 Å². The van der Waals surface area contributed by atoms with Crippen molar-refractivity contribution >= 4 is 17.4 Å². The van der Waals surface area contributed by atoms with Gasteiger partial charge in [-0.2, -0.15) is 5.26 Å². The zero-order chi connectivity index (χ0) is 15.1. The maximum atomic E-state index is 11.8. The van der Waals surface area contributed by atoms with Gasteiger partial charge in [-0.1, -0.05) is 12.1 Å². The summed E-state index contributed by atoms with van der Waals surface area (Å²) in [7, 11) is 0. The van der Waals surface area contributed by atoms with Crippen LogP contribution in [0.25, 0.3) is 0 Å². The molecule has 0 saturated carbocycles. The predicted molar refractivity (Wildman–Crippen MR) is 81.0 cm³/mol. The highest BCUT2D eigenvalue weighted by Crippen LogP contribution is 2.12. The Morgan fingerprint density at radius 2 is 1.52 bits per heavy atom. The summed E-state index contributed by atoms with van der Waals surface area (Å²) >= 11 is 0. The van der Waals surface area contributed by atoms with E-state index in [9.17, 15) is 4.79 Å². The normalized spacial score (nSPS) is 9.71. The van der Waals surface area contributed by atoms with Crippen LogP contribution in [0, 0.1) is 11.3 Å². The smallest absolute Gasteiger partial charge is 0.323 e. The Morgan fingerprint density at radius 1 is 1.00 bits per heavy atom. The maximum absolute atomic E-state index is 11.8. The molecule has 0 unspecified atom stereocenters. The molecule has 0 spiro atoms. The van der Waals surface area contributed by atoms with Gasteiger partial charge in [0.15, 0.2) is 0 Å². The Hall–Kier alpha value is -2.84. The fourth-order valence-corrected chi connectivity index (χ4v) is 1.81. The Labute approximate surface area is 122 Å². The zero-order valence-electron chi connectivity index (χ0n) is 11.3. The molecule has 0 atom stereocenters. The molecule has 5 nitrogen and oxygen atoms in total. The van der Waals surface area contributed by atoms with E-state index in [1.165, 1.54) is 0 Å². The highest BCUT2D eigenvalue weighted by molar-refractivity contribution is 5.99. The second-order valence-electron chi connectivity index (χ2n) is 4.44. The van der Waals surface area contributed by atoms with Crippen molar-refractivity contribution in [3.63, 3.8) is 0 Å². The molecule has 0 saturated heterocycles. The Balaban J connectivity index is 1.93. The van der Waals surface area contributed by atoms with Crippen molar-refractivity contribution in [3.8, 4) is 6.07 Å². The molecule has 2 aromatic rings. The molecule has 2 rings (SSSR count). The number of carbonyl (C=O) groups is 1. The largest absolute Gasteiger partial charge is 0.396 e. The minimum absolute atomic E-state index is 0.103. The van der Waals surface area contributed by atoms with Gasteiger partial charge in [-0.25, -0.2) is 4.79 Å². The van der Waals surface area contributed by atoms with Crippen molar-refractivity contribution < 1.29 is 9.90 Å². The van der Waals surface area contributed by atoms with Crippen molar-refractivity contribution in [2.24, 2.45) is 0 Å². The standard InChI is InChI=1S/C16H15N3O2/c17-11-13-3-7-15(8-4-13)19-16(21)18-14-5-1-12(2-6-14)9-10-20/h1-8,20H,9-10H2,(H2,18,19,21). The zero-order valence-corrected chi connectivity index (χ0v) is 11.3. The first-order valence-corrected chi connectivity index (χ1v) is 6.49. The SMILES string of the molecule is N#Cc1ccc(NC(=O)Nc2ccc(CCO)cc2)cc1. The molecule has 0 aliphatic heterocycles. The number of nitrogens with one attached hydrogen (secondary N) is 2. The monoisotopic (exact) mass is 281 g/mol. The fraction of sp³-hybridized carbons (Fsp3) is 0.125. The summed E-state index contributed by atoms with van der Waals surface area (Å²) in [5, 5.41) is 22.9. The lowest BCUT2D eigenvalue weighted by Crippen LogP contribution is -2.19. The van der Waals surface area contributed by atoms with Crippen LogP contribution in [0.2, 0.25) is 0 Å². The molecule has 2 amide bonds. The van der Waals surface area contributed by atoms with Crippen LogP contribution in [0.1, 0.15) is 11.1 Å². The Bertz CT molecular complexity index is 643. The first kappa shape index (κ1) is 14.6. The molecule has 21 heavy (non-hydrogen) atoms. The molecular weight excluding hydrogens is 266 g/mol. The number of carbonyl (C=O) groups excluding carboxylic acids is 1. The van der Waals surface area contributed by atoms with Gasteiger partial charge < -0.3 is 15.7 Å². The van der Waals surface area contributed by atoms with Gasteiger partial charge in [0.25, 0.3) is 0 Å². The van der Waals surface area contributed by atoms with Gasteiger partial charge in [0.2, 0.25) is 0 Å². The summed E-state index contributed by atoms with van der Waals surface area (Å²) in [6, 6.07) is 15.6. The Morgan fingerprint density at radius 3 is 2.00 bits per heavy atom. The van der Waals surface area contributed by atoms with Crippen LogP contribution in [0.15, 0.2) is 48.5 Å². The highest BCUT2D eigenvalue weighted by atomic mass is 16.3. The molecule has 0 aliphatic carbocycles. The number of nitrogens with zero attached hydrogens (tertiary/aromatic N) is 1. The minimum atomic E-state index is -0.352. The van der Waals surface area contributed by atoms with Crippen molar-refractivity contribution in [2.75, 3.05) is 17.2 Å². The van der Waals surface area contributed by atoms with Crippen LogP contribution in [-0.4, -0.2) is 17.7 Å². The van der Waals surface area contributed by atoms with Crippen LogP contribution >= 0.6 is 0 Å². The van der Waals surface area contributed by atoms with Crippen LogP contribution < -0.4 is 10.6 Å². The molecular formula is C16H15N3O2. The molecule has 2 aromatic carbocycles. The van der Waals surface area contributed by atoms with E-state index in [0.29, 0.717) is 23.4 Å². The van der Waals surface area contributed by atoms with Crippen LogP contribution in [0.5, 0.6) is 0 Å². The lowest BCUT2D eigenvalue weighted by Gasteiger charge is -2.08. The molecule has 0 aromatic heterocycles. The number of anilines is 2. The van der Waals surface area contributed by atoms with Crippen LogP contribution in [0.3, 0.4) is 0 Å².